The molecular weight excluding hydrogens is 304 g/mol. The van der Waals surface area contributed by atoms with E-state index in [0.717, 1.165) is 21.5 Å². The van der Waals surface area contributed by atoms with E-state index in [0.29, 0.717) is 6.42 Å². The zero-order valence-corrected chi connectivity index (χ0v) is 12.2. The molecule has 0 radical (unpaired) electrons. The SMILES string of the molecule is CCC(=O)Nc1ccccc1Nc1cccc(Br)c1. The molecule has 0 aromatic heterocycles. The molecule has 0 spiro atoms. The molecule has 3 nitrogen and oxygen atoms in total. The first kappa shape index (κ1) is 13.6. The van der Waals surface area contributed by atoms with Gasteiger partial charge in [-0.15, -0.1) is 0 Å². The zero-order chi connectivity index (χ0) is 13.7. The van der Waals surface area contributed by atoms with Crippen LogP contribution >= 0.6 is 15.9 Å². The van der Waals surface area contributed by atoms with Crippen LogP contribution in [0.1, 0.15) is 13.3 Å². The number of para-hydroxylation sites is 2. The van der Waals surface area contributed by atoms with Crippen molar-refractivity contribution in [2.45, 2.75) is 13.3 Å². The highest BCUT2D eigenvalue weighted by Gasteiger charge is 2.05. The van der Waals surface area contributed by atoms with Gasteiger partial charge in [-0.25, -0.2) is 0 Å². The number of hydrogen-bond acceptors (Lipinski definition) is 2. The second kappa shape index (κ2) is 6.38. The molecule has 0 fully saturated rings. The highest BCUT2D eigenvalue weighted by Crippen LogP contribution is 2.26. The lowest BCUT2D eigenvalue weighted by molar-refractivity contribution is -0.115. The second-order valence-corrected chi connectivity index (χ2v) is 5.00. The molecule has 1 amide bonds. The molecule has 4 heteroatoms. The Morgan fingerprint density at radius 2 is 1.84 bits per heavy atom. The third kappa shape index (κ3) is 3.83. The van der Waals surface area contributed by atoms with Crippen molar-refractivity contribution in [2.75, 3.05) is 10.6 Å². The Hall–Kier alpha value is -1.81. The number of carbonyl (C=O) groups is 1. The van der Waals surface area contributed by atoms with E-state index in [-0.39, 0.29) is 5.91 Å². The van der Waals surface area contributed by atoms with Gasteiger partial charge in [0.2, 0.25) is 5.91 Å². The first-order valence-corrected chi connectivity index (χ1v) is 6.90. The van der Waals surface area contributed by atoms with Crippen LogP contribution in [-0.4, -0.2) is 5.91 Å². The largest absolute Gasteiger partial charge is 0.354 e. The summed E-state index contributed by atoms with van der Waals surface area (Å²) in [5, 5.41) is 6.18. The maximum atomic E-state index is 11.5. The van der Waals surface area contributed by atoms with Gasteiger partial charge in [-0.05, 0) is 30.3 Å². The van der Waals surface area contributed by atoms with E-state index in [4.69, 9.17) is 0 Å². The maximum absolute atomic E-state index is 11.5. The lowest BCUT2D eigenvalue weighted by atomic mass is 10.2. The standard InChI is InChI=1S/C15H15BrN2O/c1-2-15(19)18-14-9-4-3-8-13(14)17-12-7-5-6-11(16)10-12/h3-10,17H,2H2,1H3,(H,18,19). The lowest BCUT2D eigenvalue weighted by Crippen LogP contribution is -2.10. The zero-order valence-electron chi connectivity index (χ0n) is 10.6. The van der Waals surface area contributed by atoms with Crippen LogP contribution in [0.25, 0.3) is 0 Å². The van der Waals surface area contributed by atoms with Crippen molar-refractivity contribution in [3.05, 3.63) is 53.0 Å². The Balaban J connectivity index is 2.22. The normalized spacial score (nSPS) is 10.0. The molecule has 0 heterocycles. The van der Waals surface area contributed by atoms with Crippen LogP contribution in [0.15, 0.2) is 53.0 Å². The smallest absolute Gasteiger partial charge is 0.224 e. The average Bonchev–Trinajstić information content (AvgIpc) is 2.41. The average molecular weight is 319 g/mol. The fourth-order valence-corrected chi connectivity index (χ4v) is 2.06. The van der Waals surface area contributed by atoms with Gasteiger partial charge < -0.3 is 10.6 Å². The number of anilines is 3. The van der Waals surface area contributed by atoms with Gasteiger partial charge in [-0.2, -0.15) is 0 Å². The lowest BCUT2D eigenvalue weighted by Gasteiger charge is -2.12. The summed E-state index contributed by atoms with van der Waals surface area (Å²) in [4.78, 5) is 11.5. The molecule has 0 aliphatic rings. The highest BCUT2D eigenvalue weighted by atomic mass is 79.9. The summed E-state index contributed by atoms with van der Waals surface area (Å²) in [6, 6.07) is 15.5. The summed E-state index contributed by atoms with van der Waals surface area (Å²) in [6.07, 6.45) is 0.464. The van der Waals surface area contributed by atoms with Crippen LogP contribution in [0, 0.1) is 0 Å². The van der Waals surface area contributed by atoms with Crippen molar-refractivity contribution in [1.82, 2.24) is 0 Å². The van der Waals surface area contributed by atoms with Crippen LogP contribution in [0.4, 0.5) is 17.1 Å². The van der Waals surface area contributed by atoms with Gasteiger partial charge >= 0.3 is 0 Å². The van der Waals surface area contributed by atoms with E-state index < -0.39 is 0 Å². The molecule has 0 bridgehead atoms. The van der Waals surface area contributed by atoms with Crippen LogP contribution in [-0.2, 0) is 4.79 Å². The Bertz CT molecular complexity index is 584. The van der Waals surface area contributed by atoms with Gasteiger partial charge in [0.05, 0.1) is 11.4 Å². The number of carbonyl (C=O) groups excluding carboxylic acids is 1. The summed E-state index contributed by atoms with van der Waals surface area (Å²) >= 11 is 3.44. The summed E-state index contributed by atoms with van der Waals surface area (Å²) in [7, 11) is 0. The van der Waals surface area contributed by atoms with Crippen LogP contribution in [0.3, 0.4) is 0 Å². The van der Waals surface area contributed by atoms with Crippen LogP contribution in [0.5, 0.6) is 0 Å². The molecule has 2 N–H and O–H groups in total. The topological polar surface area (TPSA) is 41.1 Å². The van der Waals surface area contributed by atoms with E-state index in [9.17, 15) is 4.79 Å². The molecule has 0 atom stereocenters. The summed E-state index contributed by atoms with van der Waals surface area (Å²) in [5.74, 6) is 0.00323. The molecule has 0 saturated heterocycles. The first-order chi connectivity index (χ1) is 9.19. The predicted molar refractivity (Wildman–Crippen MR) is 82.8 cm³/mol. The third-order valence-electron chi connectivity index (χ3n) is 2.63. The molecule has 2 rings (SSSR count). The Morgan fingerprint density at radius 1 is 1.11 bits per heavy atom. The quantitative estimate of drug-likeness (QED) is 0.868. The summed E-state index contributed by atoms with van der Waals surface area (Å²) < 4.78 is 1.01. The Morgan fingerprint density at radius 3 is 2.53 bits per heavy atom. The van der Waals surface area contributed by atoms with Gasteiger partial charge in [0, 0.05) is 16.6 Å². The Kier molecular flexibility index (Phi) is 4.58. The van der Waals surface area contributed by atoms with E-state index >= 15 is 0 Å². The monoisotopic (exact) mass is 318 g/mol. The van der Waals surface area contributed by atoms with Crippen LogP contribution in [0.2, 0.25) is 0 Å². The highest BCUT2D eigenvalue weighted by molar-refractivity contribution is 9.10. The summed E-state index contributed by atoms with van der Waals surface area (Å²) in [6.45, 7) is 1.83. The van der Waals surface area contributed by atoms with Gasteiger partial charge in [-0.1, -0.05) is 41.1 Å². The van der Waals surface area contributed by atoms with Crippen molar-refractivity contribution in [1.29, 1.82) is 0 Å². The summed E-state index contributed by atoms with van der Waals surface area (Å²) in [5.41, 5.74) is 2.63. The fourth-order valence-electron chi connectivity index (χ4n) is 1.66. The van der Waals surface area contributed by atoms with Gasteiger partial charge in [-0.3, -0.25) is 4.79 Å². The van der Waals surface area contributed by atoms with Gasteiger partial charge in [0.25, 0.3) is 0 Å². The molecule has 0 aliphatic carbocycles. The van der Waals surface area contributed by atoms with Crippen molar-refractivity contribution in [3.8, 4) is 0 Å². The molecule has 0 aliphatic heterocycles. The van der Waals surface area contributed by atoms with E-state index in [1.165, 1.54) is 0 Å². The first-order valence-electron chi connectivity index (χ1n) is 6.10. The number of nitrogens with one attached hydrogen (secondary N) is 2. The number of rotatable bonds is 4. The fraction of sp³-hybridized carbons (Fsp3) is 0.133. The number of hydrogen-bond donors (Lipinski definition) is 2. The van der Waals surface area contributed by atoms with Crippen molar-refractivity contribution < 1.29 is 4.79 Å². The molecule has 0 saturated carbocycles. The number of benzene rings is 2. The molecule has 0 unspecified atom stereocenters. The molecule has 98 valence electrons. The number of amides is 1. The third-order valence-corrected chi connectivity index (χ3v) is 3.12. The van der Waals surface area contributed by atoms with Crippen molar-refractivity contribution >= 4 is 38.9 Å². The van der Waals surface area contributed by atoms with E-state index in [1.807, 2.05) is 55.5 Å². The van der Waals surface area contributed by atoms with Gasteiger partial charge in [0.15, 0.2) is 0 Å². The molecule has 2 aromatic carbocycles. The van der Waals surface area contributed by atoms with E-state index in [1.54, 1.807) is 0 Å². The molecule has 2 aromatic rings. The van der Waals surface area contributed by atoms with Crippen LogP contribution < -0.4 is 10.6 Å². The maximum Gasteiger partial charge on any atom is 0.224 e. The van der Waals surface area contributed by atoms with E-state index in [2.05, 4.69) is 26.6 Å². The Labute approximate surface area is 121 Å². The minimum absolute atomic E-state index is 0.00323. The molecule has 19 heavy (non-hydrogen) atoms. The van der Waals surface area contributed by atoms with Gasteiger partial charge in [0.1, 0.15) is 0 Å². The minimum atomic E-state index is 0.00323. The predicted octanol–water partition coefficient (Wildman–Crippen LogP) is 4.54. The van der Waals surface area contributed by atoms with Crippen molar-refractivity contribution in [2.24, 2.45) is 0 Å². The molecular formula is C15H15BrN2O. The minimum Gasteiger partial charge on any atom is -0.354 e. The number of halogens is 1. The second-order valence-electron chi connectivity index (χ2n) is 4.08. The van der Waals surface area contributed by atoms with Crippen molar-refractivity contribution in [3.63, 3.8) is 0 Å².